The normalized spacial score (nSPS) is 39.8. The highest BCUT2D eigenvalue weighted by atomic mass is 28.4. The van der Waals surface area contributed by atoms with E-state index in [1.807, 2.05) is 0 Å². The van der Waals surface area contributed by atoms with E-state index in [-0.39, 0.29) is 11.4 Å². The van der Waals surface area contributed by atoms with Crippen LogP contribution in [0, 0.1) is 40.4 Å². The van der Waals surface area contributed by atoms with Crippen molar-refractivity contribution in [3.05, 3.63) is 23.8 Å². The average molecular weight is 472 g/mol. The van der Waals surface area contributed by atoms with Gasteiger partial charge in [0.1, 0.15) is 7.11 Å². The Kier molecular flexibility index (Phi) is 6.76. The predicted molar refractivity (Wildman–Crippen MR) is 137 cm³/mol. The zero-order chi connectivity index (χ0) is 24.0. The lowest BCUT2D eigenvalue weighted by Gasteiger charge is -2.56. The molecule has 4 unspecified atom stereocenters. The second kappa shape index (κ2) is 9.01. The number of allylic oxidation sites excluding steroid dienone is 4. The Balaban J connectivity index is 1.48. The van der Waals surface area contributed by atoms with Gasteiger partial charge in [-0.05, 0) is 117 Å². The number of rotatable bonds is 6. The van der Waals surface area contributed by atoms with E-state index < -0.39 is 8.32 Å². The lowest BCUT2D eigenvalue weighted by atomic mass is 9.48. The highest BCUT2D eigenvalue weighted by Crippen LogP contribution is 2.66. The second-order valence-electron chi connectivity index (χ2n) is 12.8. The minimum atomic E-state index is -1.79. The molecule has 0 radical (unpaired) electrons. The Morgan fingerprint density at radius 3 is 2.64 bits per heavy atom. The number of carbonyl (C=O) groups excluding carboxylic acids is 1. The molecule has 2 fully saturated rings. The van der Waals surface area contributed by atoms with E-state index in [9.17, 15) is 4.79 Å². The molecule has 4 aliphatic carbocycles. The summed E-state index contributed by atoms with van der Waals surface area (Å²) in [5, 5.41) is 4.23. The van der Waals surface area contributed by atoms with Gasteiger partial charge in [0.25, 0.3) is 5.97 Å². The van der Waals surface area contributed by atoms with Crippen LogP contribution in [0.5, 0.6) is 0 Å². The molecule has 0 aromatic rings. The topological polar surface area (TPSA) is 47.9 Å². The van der Waals surface area contributed by atoms with E-state index in [2.05, 4.69) is 63.8 Å². The van der Waals surface area contributed by atoms with Crippen molar-refractivity contribution in [2.24, 2.45) is 45.6 Å². The van der Waals surface area contributed by atoms with Gasteiger partial charge in [-0.15, -0.1) is 0 Å². The Hall–Kier alpha value is -1.36. The molecule has 0 bridgehead atoms. The van der Waals surface area contributed by atoms with Crippen molar-refractivity contribution in [2.75, 3.05) is 7.11 Å². The number of fused-ring (bicyclic) bond motifs is 5. The summed E-state index contributed by atoms with van der Waals surface area (Å²) in [7, 11) is -0.153. The van der Waals surface area contributed by atoms with Crippen molar-refractivity contribution < 1.29 is 14.1 Å². The first-order chi connectivity index (χ1) is 15.5. The molecule has 5 heteroatoms. The van der Waals surface area contributed by atoms with Crippen LogP contribution in [0.15, 0.2) is 29.0 Å². The van der Waals surface area contributed by atoms with Gasteiger partial charge in [0.05, 0.1) is 5.71 Å². The molecule has 0 saturated heterocycles. The van der Waals surface area contributed by atoms with Crippen molar-refractivity contribution in [1.29, 1.82) is 0 Å². The standard InChI is InChI=1S/C28H45NO3Si/c1-19(8-13-26(30)32-33(5,6)7)23-11-12-24-22-10-9-20-18-21(29-31-4)14-16-27(20,2)25(22)15-17-28(23,24)3/h9-10,18-19,22-25H,8,11-17H2,1-7H3/b29-21+/t19?,22?,23-,24?,25?,27+,28-/m1/s1. The first-order valence-electron chi connectivity index (χ1n) is 13.2. The molecular formula is C28H45NO3Si. The Labute approximate surface area is 202 Å². The van der Waals surface area contributed by atoms with E-state index in [1.165, 1.54) is 37.7 Å². The fourth-order valence-corrected chi connectivity index (χ4v) is 8.90. The largest absolute Gasteiger partial charge is 0.520 e. The van der Waals surface area contributed by atoms with Gasteiger partial charge in [-0.1, -0.05) is 38.1 Å². The third-order valence-electron chi connectivity index (χ3n) is 9.72. The Morgan fingerprint density at radius 1 is 1.18 bits per heavy atom. The van der Waals surface area contributed by atoms with Crippen LogP contribution in [0.4, 0.5) is 0 Å². The number of nitrogens with zero attached hydrogens (tertiary/aromatic N) is 1. The number of hydrogen-bond donors (Lipinski definition) is 0. The number of carbonyl (C=O) groups is 1. The number of oxime groups is 1. The average Bonchev–Trinajstić information content (AvgIpc) is 3.08. The first-order valence-corrected chi connectivity index (χ1v) is 16.6. The van der Waals surface area contributed by atoms with Crippen molar-refractivity contribution in [1.82, 2.24) is 0 Å². The van der Waals surface area contributed by atoms with Crippen LogP contribution < -0.4 is 0 Å². The second-order valence-corrected chi connectivity index (χ2v) is 17.2. The summed E-state index contributed by atoms with van der Waals surface area (Å²) in [4.78, 5) is 17.4. The van der Waals surface area contributed by atoms with E-state index in [0.29, 0.717) is 29.6 Å². The molecule has 7 atom stereocenters. The van der Waals surface area contributed by atoms with Crippen molar-refractivity contribution >= 4 is 20.0 Å². The summed E-state index contributed by atoms with van der Waals surface area (Å²) in [5.41, 5.74) is 3.19. The van der Waals surface area contributed by atoms with E-state index >= 15 is 0 Å². The fraction of sp³-hybridized carbons (Fsp3) is 0.786. The van der Waals surface area contributed by atoms with Crippen LogP contribution in [-0.4, -0.2) is 27.1 Å². The summed E-state index contributed by atoms with van der Waals surface area (Å²) in [6, 6.07) is 0. The van der Waals surface area contributed by atoms with Crippen LogP contribution in [0.3, 0.4) is 0 Å². The Morgan fingerprint density at radius 2 is 1.94 bits per heavy atom. The third kappa shape index (κ3) is 4.63. The molecule has 33 heavy (non-hydrogen) atoms. The van der Waals surface area contributed by atoms with Crippen LogP contribution in [0.2, 0.25) is 19.6 Å². The molecule has 184 valence electrons. The molecule has 0 spiro atoms. The lowest BCUT2D eigenvalue weighted by molar-refractivity contribution is -0.135. The van der Waals surface area contributed by atoms with E-state index in [0.717, 1.165) is 30.4 Å². The summed E-state index contributed by atoms with van der Waals surface area (Å²) in [5.74, 6) is 3.49. The van der Waals surface area contributed by atoms with Crippen LogP contribution in [0.1, 0.15) is 72.1 Å². The SMILES string of the molecule is CO/N=C1/C=C2C=CC3C(CC[C@@]4(C)C3CC[C@@H]4C(C)CCC(=O)O[Si](C)(C)C)[C@@]2(C)CC1. The smallest absolute Gasteiger partial charge is 0.292 e. The van der Waals surface area contributed by atoms with Gasteiger partial charge in [0.15, 0.2) is 0 Å². The quantitative estimate of drug-likeness (QED) is 0.305. The summed E-state index contributed by atoms with van der Waals surface area (Å²) < 4.78 is 5.71. The highest BCUT2D eigenvalue weighted by molar-refractivity contribution is 6.71. The predicted octanol–water partition coefficient (Wildman–Crippen LogP) is 7.14. The Bertz CT molecular complexity index is 856. The molecule has 2 saturated carbocycles. The number of hydrogen-bond acceptors (Lipinski definition) is 4. The maximum Gasteiger partial charge on any atom is 0.292 e. The molecule has 0 aromatic carbocycles. The molecule has 0 amide bonds. The summed E-state index contributed by atoms with van der Waals surface area (Å²) in [6.45, 7) is 13.7. The third-order valence-corrected chi connectivity index (χ3v) is 10.6. The zero-order valence-electron chi connectivity index (χ0n) is 21.9. The fourth-order valence-electron chi connectivity index (χ4n) is 8.11. The van der Waals surface area contributed by atoms with E-state index in [1.54, 1.807) is 7.11 Å². The lowest BCUT2D eigenvalue weighted by Crippen LogP contribution is -2.49. The molecule has 4 aliphatic rings. The monoisotopic (exact) mass is 471 g/mol. The first kappa shape index (κ1) is 24.8. The zero-order valence-corrected chi connectivity index (χ0v) is 22.9. The van der Waals surface area contributed by atoms with Crippen molar-refractivity contribution in [2.45, 2.75) is 91.8 Å². The molecule has 0 heterocycles. The highest BCUT2D eigenvalue weighted by Gasteiger charge is 2.58. The summed E-state index contributed by atoms with van der Waals surface area (Å²) in [6.07, 6.45) is 16.3. The van der Waals surface area contributed by atoms with Gasteiger partial charge in [-0.25, -0.2) is 0 Å². The van der Waals surface area contributed by atoms with Gasteiger partial charge in [0, 0.05) is 6.42 Å². The maximum atomic E-state index is 12.3. The minimum Gasteiger partial charge on any atom is -0.520 e. The van der Waals surface area contributed by atoms with Crippen molar-refractivity contribution in [3.8, 4) is 0 Å². The molecule has 0 aromatic heterocycles. The van der Waals surface area contributed by atoms with Gasteiger partial charge in [0.2, 0.25) is 8.32 Å². The van der Waals surface area contributed by atoms with Crippen LogP contribution in [0.25, 0.3) is 0 Å². The van der Waals surface area contributed by atoms with Gasteiger partial charge >= 0.3 is 0 Å². The maximum absolute atomic E-state index is 12.3. The molecule has 0 aliphatic heterocycles. The van der Waals surface area contributed by atoms with Gasteiger partial charge in [-0.2, -0.15) is 0 Å². The minimum absolute atomic E-state index is 0.0144. The van der Waals surface area contributed by atoms with Gasteiger partial charge < -0.3 is 9.26 Å². The van der Waals surface area contributed by atoms with Crippen molar-refractivity contribution in [3.63, 3.8) is 0 Å². The summed E-state index contributed by atoms with van der Waals surface area (Å²) >= 11 is 0. The van der Waals surface area contributed by atoms with Crippen LogP contribution in [-0.2, 0) is 14.1 Å². The van der Waals surface area contributed by atoms with Gasteiger partial charge in [-0.3, -0.25) is 4.79 Å². The molecule has 4 rings (SSSR count). The van der Waals surface area contributed by atoms with Crippen LogP contribution >= 0.6 is 0 Å². The molecule has 0 N–H and O–H groups in total. The molecular weight excluding hydrogens is 426 g/mol. The molecule has 4 nitrogen and oxygen atoms in total. The van der Waals surface area contributed by atoms with E-state index in [4.69, 9.17) is 9.26 Å².